The number of amides is 1. The number of carbonyl (C=O) groups excluding carboxylic acids is 1. The van der Waals surface area contributed by atoms with E-state index in [0.29, 0.717) is 13.0 Å². The zero-order valence-electron chi connectivity index (χ0n) is 13.5. The van der Waals surface area contributed by atoms with Crippen LogP contribution in [0.3, 0.4) is 0 Å². The lowest BCUT2D eigenvalue weighted by Crippen LogP contribution is -2.33. The summed E-state index contributed by atoms with van der Waals surface area (Å²) in [6, 6.07) is 20.2. The van der Waals surface area contributed by atoms with E-state index in [9.17, 15) is 4.79 Å². The number of hydrogen-bond donors (Lipinski definition) is 0. The smallest absolute Gasteiger partial charge is 0.228 e. The third-order valence-corrected chi connectivity index (χ3v) is 4.39. The van der Waals surface area contributed by atoms with Crippen molar-refractivity contribution < 1.29 is 4.79 Å². The van der Waals surface area contributed by atoms with Crippen LogP contribution in [0, 0.1) is 0 Å². The molecule has 23 heavy (non-hydrogen) atoms. The number of para-hydroxylation sites is 1. The molecule has 0 saturated carbocycles. The predicted octanol–water partition coefficient (Wildman–Crippen LogP) is 3.71. The fourth-order valence-electron chi connectivity index (χ4n) is 3.09. The lowest BCUT2D eigenvalue weighted by Gasteiger charge is -2.24. The number of rotatable bonds is 6. The van der Waals surface area contributed by atoms with Gasteiger partial charge in [0.15, 0.2) is 0 Å². The first kappa shape index (κ1) is 15.8. The van der Waals surface area contributed by atoms with Gasteiger partial charge in [-0.15, -0.1) is 0 Å². The Bertz CT molecular complexity index is 606. The van der Waals surface area contributed by atoms with Crippen molar-refractivity contribution >= 4 is 11.6 Å². The van der Waals surface area contributed by atoms with Gasteiger partial charge in [0.05, 0.1) is 6.54 Å². The first-order valence-corrected chi connectivity index (χ1v) is 8.44. The fraction of sp³-hybridized carbons (Fsp3) is 0.350. The van der Waals surface area contributed by atoms with E-state index in [-0.39, 0.29) is 5.91 Å². The van der Waals surface area contributed by atoms with E-state index in [2.05, 4.69) is 17.0 Å². The van der Waals surface area contributed by atoms with Crippen molar-refractivity contribution in [1.82, 2.24) is 4.90 Å². The Morgan fingerprint density at radius 1 is 0.913 bits per heavy atom. The molecule has 1 saturated heterocycles. The summed E-state index contributed by atoms with van der Waals surface area (Å²) in [5.41, 5.74) is 2.13. The molecule has 2 aromatic rings. The number of benzene rings is 2. The van der Waals surface area contributed by atoms with E-state index in [1.807, 2.05) is 53.4 Å². The highest BCUT2D eigenvalue weighted by molar-refractivity contribution is 5.93. The van der Waals surface area contributed by atoms with Gasteiger partial charge in [0, 0.05) is 18.7 Å². The minimum absolute atomic E-state index is 0.201. The van der Waals surface area contributed by atoms with Crippen LogP contribution in [0.1, 0.15) is 24.8 Å². The molecule has 0 atom stereocenters. The van der Waals surface area contributed by atoms with Gasteiger partial charge in [0.25, 0.3) is 0 Å². The molecule has 120 valence electrons. The molecule has 2 aromatic carbocycles. The van der Waals surface area contributed by atoms with Gasteiger partial charge in [-0.3, -0.25) is 4.79 Å². The molecule has 3 rings (SSSR count). The van der Waals surface area contributed by atoms with Gasteiger partial charge >= 0.3 is 0 Å². The van der Waals surface area contributed by atoms with E-state index in [1.54, 1.807) is 0 Å². The monoisotopic (exact) mass is 308 g/mol. The average Bonchev–Trinajstić information content (AvgIpc) is 3.13. The summed E-state index contributed by atoms with van der Waals surface area (Å²) in [4.78, 5) is 17.1. The van der Waals surface area contributed by atoms with Crippen molar-refractivity contribution in [2.45, 2.75) is 25.8 Å². The molecule has 0 radical (unpaired) electrons. The van der Waals surface area contributed by atoms with E-state index in [1.165, 1.54) is 12.8 Å². The van der Waals surface area contributed by atoms with Crippen LogP contribution < -0.4 is 4.90 Å². The summed E-state index contributed by atoms with van der Waals surface area (Å²) in [6.45, 7) is 3.77. The highest BCUT2D eigenvalue weighted by Gasteiger charge is 2.18. The molecule has 1 heterocycles. The summed E-state index contributed by atoms with van der Waals surface area (Å²) >= 11 is 0. The second kappa shape index (κ2) is 7.93. The van der Waals surface area contributed by atoms with Crippen molar-refractivity contribution in [2.75, 3.05) is 24.5 Å². The van der Waals surface area contributed by atoms with Crippen molar-refractivity contribution in [3.63, 3.8) is 0 Å². The van der Waals surface area contributed by atoms with Crippen LogP contribution in [0.2, 0.25) is 0 Å². The number of anilines is 1. The number of nitrogens with zero attached hydrogens (tertiary/aromatic N) is 2. The third kappa shape index (κ3) is 4.42. The molecule has 1 aliphatic rings. The molecule has 3 nitrogen and oxygen atoms in total. The molecule has 0 aromatic heterocycles. The molecular weight excluding hydrogens is 284 g/mol. The minimum Gasteiger partial charge on any atom is -0.308 e. The van der Waals surface area contributed by atoms with Crippen LogP contribution in [0.4, 0.5) is 5.69 Å². The number of hydrogen-bond acceptors (Lipinski definition) is 2. The maximum absolute atomic E-state index is 12.8. The lowest BCUT2D eigenvalue weighted by atomic mass is 10.2. The molecular formula is C20H24N2O. The SMILES string of the molecule is O=C(CCN1CCCC1)N(Cc1ccccc1)c1ccccc1. The quantitative estimate of drug-likeness (QED) is 0.812. The van der Waals surface area contributed by atoms with Gasteiger partial charge in [0.2, 0.25) is 5.91 Å². The Kier molecular flexibility index (Phi) is 5.43. The highest BCUT2D eigenvalue weighted by atomic mass is 16.2. The third-order valence-electron chi connectivity index (χ3n) is 4.39. The van der Waals surface area contributed by atoms with Crippen molar-refractivity contribution in [3.8, 4) is 0 Å². The Balaban J connectivity index is 1.70. The maximum Gasteiger partial charge on any atom is 0.228 e. The summed E-state index contributed by atoms with van der Waals surface area (Å²) in [5, 5.41) is 0. The Morgan fingerprint density at radius 2 is 1.52 bits per heavy atom. The normalized spacial score (nSPS) is 14.8. The second-order valence-corrected chi connectivity index (χ2v) is 6.10. The van der Waals surface area contributed by atoms with E-state index >= 15 is 0 Å². The summed E-state index contributed by atoms with van der Waals surface area (Å²) in [7, 11) is 0. The van der Waals surface area contributed by atoms with Crippen molar-refractivity contribution in [3.05, 3.63) is 66.2 Å². The highest BCUT2D eigenvalue weighted by Crippen LogP contribution is 2.18. The first-order chi connectivity index (χ1) is 11.3. The number of likely N-dealkylation sites (tertiary alicyclic amines) is 1. The molecule has 0 unspecified atom stereocenters. The average molecular weight is 308 g/mol. The topological polar surface area (TPSA) is 23.6 Å². The number of carbonyl (C=O) groups is 1. The van der Waals surface area contributed by atoms with Crippen LogP contribution in [0.25, 0.3) is 0 Å². The molecule has 0 spiro atoms. The Morgan fingerprint density at radius 3 is 2.17 bits per heavy atom. The molecule has 1 fully saturated rings. The molecule has 0 N–H and O–H groups in total. The summed E-state index contributed by atoms with van der Waals surface area (Å²) in [6.07, 6.45) is 3.11. The van der Waals surface area contributed by atoms with Crippen LogP contribution in [0.15, 0.2) is 60.7 Å². The van der Waals surface area contributed by atoms with Crippen LogP contribution in [0.5, 0.6) is 0 Å². The Labute approximate surface area is 138 Å². The van der Waals surface area contributed by atoms with Gasteiger partial charge in [-0.2, -0.15) is 0 Å². The van der Waals surface area contributed by atoms with Crippen LogP contribution in [-0.2, 0) is 11.3 Å². The van der Waals surface area contributed by atoms with Crippen molar-refractivity contribution in [1.29, 1.82) is 0 Å². The zero-order chi connectivity index (χ0) is 15.9. The maximum atomic E-state index is 12.8. The fourth-order valence-corrected chi connectivity index (χ4v) is 3.09. The standard InChI is InChI=1S/C20H24N2O/c23-20(13-16-21-14-7-8-15-21)22(19-11-5-2-6-12-19)17-18-9-3-1-4-10-18/h1-6,9-12H,7-8,13-17H2. The van der Waals surface area contributed by atoms with Crippen LogP contribution in [-0.4, -0.2) is 30.4 Å². The predicted molar refractivity (Wildman–Crippen MR) is 94.4 cm³/mol. The minimum atomic E-state index is 0.201. The van der Waals surface area contributed by atoms with Gasteiger partial charge in [-0.05, 0) is 43.6 Å². The molecule has 3 heteroatoms. The molecule has 1 amide bonds. The molecule has 0 bridgehead atoms. The van der Waals surface area contributed by atoms with Crippen LogP contribution >= 0.6 is 0 Å². The van der Waals surface area contributed by atoms with E-state index < -0.39 is 0 Å². The van der Waals surface area contributed by atoms with Crippen molar-refractivity contribution in [2.24, 2.45) is 0 Å². The van der Waals surface area contributed by atoms with E-state index in [0.717, 1.165) is 30.9 Å². The van der Waals surface area contributed by atoms with Gasteiger partial charge in [-0.25, -0.2) is 0 Å². The Hall–Kier alpha value is -2.13. The van der Waals surface area contributed by atoms with Gasteiger partial charge < -0.3 is 9.80 Å². The van der Waals surface area contributed by atoms with E-state index in [4.69, 9.17) is 0 Å². The summed E-state index contributed by atoms with van der Waals surface area (Å²) in [5.74, 6) is 0.201. The second-order valence-electron chi connectivity index (χ2n) is 6.10. The molecule has 1 aliphatic heterocycles. The van der Waals surface area contributed by atoms with Gasteiger partial charge in [0.1, 0.15) is 0 Å². The zero-order valence-corrected chi connectivity index (χ0v) is 13.5. The summed E-state index contributed by atoms with van der Waals surface area (Å²) < 4.78 is 0. The van der Waals surface area contributed by atoms with Gasteiger partial charge in [-0.1, -0.05) is 48.5 Å². The first-order valence-electron chi connectivity index (χ1n) is 8.44. The molecule has 0 aliphatic carbocycles. The largest absolute Gasteiger partial charge is 0.308 e. The lowest BCUT2D eigenvalue weighted by molar-refractivity contribution is -0.119.